The summed E-state index contributed by atoms with van der Waals surface area (Å²) in [5, 5.41) is 4.30. The number of aromatic nitrogens is 3. The summed E-state index contributed by atoms with van der Waals surface area (Å²) in [6.07, 6.45) is -2.62. The molecular formula is C12H9F3N4S2. The molecule has 0 atom stereocenters. The maximum absolute atomic E-state index is 12.5. The van der Waals surface area contributed by atoms with Crippen molar-refractivity contribution in [3.05, 3.63) is 36.0 Å². The molecule has 0 aliphatic rings. The monoisotopic (exact) mass is 330 g/mol. The van der Waals surface area contributed by atoms with Gasteiger partial charge in [0, 0.05) is 5.56 Å². The number of benzene rings is 1. The lowest BCUT2D eigenvalue weighted by Gasteiger charge is -2.06. The van der Waals surface area contributed by atoms with Gasteiger partial charge in [0.25, 0.3) is 0 Å². The Morgan fingerprint density at radius 3 is 2.52 bits per heavy atom. The molecule has 9 heteroatoms. The van der Waals surface area contributed by atoms with Crippen LogP contribution in [0.5, 0.6) is 0 Å². The zero-order valence-electron chi connectivity index (χ0n) is 10.7. The van der Waals surface area contributed by atoms with Crippen molar-refractivity contribution < 1.29 is 13.2 Å². The van der Waals surface area contributed by atoms with E-state index in [1.54, 1.807) is 17.8 Å². The summed E-state index contributed by atoms with van der Waals surface area (Å²) in [5.41, 5.74) is 0.560. The zero-order valence-corrected chi connectivity index (χ0v) is 12.3. The van der Waals surface area contributed by atoms with Crippen molar-refractivity contribution in [2.24, 2.45) is 0 Å². The van der Waals surface area contributed by atoms with Crippen molar-refractivity contribution in [3.63, 3.8) is 0 Å². The lowest BCUT2D eigenvalue weighted by molar-refractivity contribution is -0.137. The number of halogens is 3. The quantitative estimate of drug-likeness (QED) is 0.744. The van der Waals surface area contributed by atoms with Gasteiger partial charge in [-0.05, 0) is 31.1 Å². The molecule has 1 aromatic carbocycles. The Kier molecular flexibility index (Phi) is 3.64. The van der Waals surface area contributed by atoms with Gasteiger partial charge in [0.15, 0.2) is 4.34 Å². The molecule has 2 aromatic heterocycles. The summed E-state index contributed by atoms with van der Waals surface area (Å²) in [4.78, 5) is 5.07. The third kappa shape index (κ3) is 2.89. The molecule has 0 bridgehead atoms. The van der Waals surface area contributed by atoms with Gasteiger partial charge in [0.2, 0.25) is 4.96 Å². The zero-order chi connectivity index (χ0) is 15.0. The summed E-state index contributed by atoms with van der Waals surface area (Å²) < 4.78 is 42.9. The second kappa shape index (κ2) is 5.32. The minimum absolute atomic E-state index is 0.600. The maximum Gasteiger partial charge on any atom is 0.416 e. The average molecular weight is 330 g/mol. The van der Waals surface area contributed by atoms with E-state index in [1.165, 1.54) is 35.4 Å². The van der Waals surface area contributed by atoms with Gasteiger partial charge >= 0.3 is 6.18 Å². The largest absolute Gasteiger partial charge is 0.416 e. The van der Waals surface area contributed by atoms with Gasteiger partial charge in [-0.15, -0.1) is 5.10 Å². The number of fused-ring (bicyclic) bond motifs is 1. The van der Waals surface area contributed by atoms with Crippen LogP contribution in [0.1, 0.15) is 5.56 Å². The molecule has 3 rings (SSSR count). The van der Waals surface area contributed by atoms with Gasteiger partial charge in [0.1, 0.15) is 0 Å². The molecule has 0 aliphatic heterocycles. The van der Waals surface area contributed by atoms with E-state index in [4.69, 9.17) is 0 Å². The van der Waals surface area contributed by atoms with Crippen LogP contribution < -0.4 is 4.72 Å². The molecular weight excluding hydrogens is 321 g/mol. The molecule has 4 nitrogen and oxygen atoms in total. The van der Waals surface area contributed by atoms with E-state index in [1.807, 2.05) is 0 Å². The average Bonchev–Trinajstić information content (AvgIpc) is 2.96. The van der Waals surface area contributed by atoms with Crippen molar-refractivity contribution in [2.45, 2.75) is 10.5 Å². The standard InChI is InChI=1S/C12H9F3N4S2/c1-16-21-11-18-19-6-9(17-10(19)20-11)7-2-4-8(5-3-7)12(13,14)15/h2-6,16H,1H3. The fourth-order valence-corrected chi connectivity index (χ4v) is 3.34. The first kappa shape index (κ1) is 14.4. The smallest absolute Gasteiger partial charge is 0.261 e. The second-order valence-electron chi connectivity index (χ2n) is 4.10. The van der Waals surface area contributed by atoms with Crippen LogP contribution >= 0.6 is 23.3 Å². The predicted octanol–water partition coefficient (Wildman–Crippen LogP) is 3.70. The highest BCUT2D eigenvalue weighted by molar-refractivity contribution is 7.99. The van der Waals surface area contributed by atoms with Gasteiger partial charge in [-0.1, -0.05) is 23.5 Å². The first-order chi connectivity index (χ1) is 9.97. The van der Waals surface area contributed by atoms with E-state index >= 15 is 0 Å². The molecule has 0 amide bonds. The first-order valence-electron chi connectivity index (χ1n) is 5.85. The Balaban J connectivity index is 1.91. The second-order valence-corrected chi connectivity index (χ2v) is 6.32. The molecule has 0 spiro atoms. The lowest BCUT2D eigenvalue weighted by Crippen LogP contribution is -2.03. The number of hydrogen-bond acceptors (Lipinski definition) is 5. The molecule has 2 heterocycles. The molecule has 110 valence electrons. The van der Waals surface area contributed by atoms with Crippen molar-refractivity contribution >= 4 is 28.2 Å². The fourth-order valence-electron chi connectivity index (χ4n) is 1.78. The molecule has 0 aliphatic carbocycles. The van der Waals surface area contributed by atoms with Crippen molar-refractivity contribution in [1.82, 2.24) is 19.3 Å². The predicted molar refractivity (Wildman–Crippen MR) is 76.2 cm³/mol. The molecule has 1 N–H and O–H groups in total. The van der Waals surface area contributed by atoms with Crippen LogP contribution in [0.25, 0.3) is 16.2 Å². The van der Waals surface area contributed by atoms with Crippen LogP contribution in [-0.2, 0) is 6.18 Å². The molecule has 0 saturated heterocycles. The molecule has 0 radical (unpaired) electrons. The minimum atomic E-state index is -4.33. The van der Waals surface area contributed by atoms with Crippen LogP contribution in [0, 0.1) is 0 Å². The minimum Gasteiger partial charge on any atom is -0.261 e. The Morgan fingerprint density at radius 2 is 1.95 bits per heavy atom. The van der Waals surface area contributed by atoms with E-state index in [2.05, 4.69) is 14.8 Å². The fraction of sp³-hybridized carbons (Fsp3) is 0.167. The number of rotatable bonds is 3. The highest BCUT2D eigenvalue weighted by atomic mass is 32.2. The van der Waals surface area contributed by atoms with Gasteiger partial charge in [-0.25, -0.2) is 9.50 Å². The third-order valence-corrected chi connectivity index (χ3v) is 4.40. The van der Waals surface area contributed by atoms with Gasteiger partial charge < -0.3 is 0 Å². The summed E-state index contributed by atoms with van der Waals surface area (Å²) in [7, 11) is 1.79. The maximum atomic E-state index is 12.5. The van der Waals surface area contributed by atoms with E-state index < -0.39 is 11.7 Å². The molecule has 3 aromatic rings. The van der Waals surface area contributed by atoms with Gasteiger partial charge in [-0.2, -0.15) is 13.2 Å². The first-order valence-corrected chi connectivity index (χ1v) is 7.48. The number of hydrogen-bond donors (Lipinski definition) is 1. The Labute approximate surface area is 126 Å². The number of nitrogens with zero attached hydrogens (tertiary/aromatic N) is 3. The number of nitrogens with one attached hydrogen (secondary N) is 1. The summed E-state index contributed by atoms with van der Waals surface area (Å²) in [6, 6.07) is 4.94. The van der Waals surface area contributed by atoms with Crippen LogP contribution in [-0.4, -0.2) is 21.6 Å². The number of imidazole rings is 1. The molecule has 0 saturated carbocycles. The summed E-state index contributed by atoms with van der Waals surface area (Å²) in [6.45, 7) is 0. The number of alkyl halides is 3. The van der Waals surface area contributed by atoms with Crippen LogP contribution in [0.15, 0.2) is 34.8 Å². The third-order valence-electron chi connectivity index (χ3n) is 2.72. The Morgan fingerprint density at radius 1 is 1.24 bits per heavy atom. The van der Waals surface area contributed by atoms with Crippen molar-refractivity contribution in [2.75, 3.05) is 7.05 Å². The normalized spacial score (nSPS) is 12.2. The molecule has 0 fully saturated rings. The van der Waals surface area contributed by atoms with Crippen LogP contribution in [0.4, 0.5) is 13.2 Å². The van der Waals surface area contributed by atoms with E-state index in [0.29, 0.717) is 16.2 Å². The highest BCUT2D eigenvalue weighted by Gasteiger charge is 2.30. The summed E-state index contributed by atoms with van der Waals surface area (Å²) in [5.74, 6) is 0. The van der Waals surface area contributed by atoms with E-state index in [-0.39, 0.29) is 0 Å². The van der Waals surface area contributed by atoms with Crippen molar-refractivity contribution in [1.29, 1.82) is 0 Å². The van der Waals surface area contributed by atoms with Gasteiger partial charge in [-0.3, -0.25) is 4.72 Å². The van der Waals surface area contributed by atoms with E-state index in [0.717, 1.165) is 16.5 Å². The summed E-state index contributed by atoms with van der Waals surface area (Å²) >= 11 is 2.79. The SMILES string of the molecule is CNSc1nn2cc(-c3ccc(C(F)(F)F)cc3)nc2s1. The topological polar surface area (TPSA) is 42.2 Å². The van der Waals surface area contributed by atoms with Crippen molar-refractivity contribution in [3.8, 4) is 11.3 Å². The van der Waals surface area contributed by atoms with Gasteiger partial charge in [0.05, 0.1) is 17.5 Å². The van der Waals surface area contributed by atoms with Crippen LogP contribution in [0.3, 0.4) is 0 Å². The molecule has 21 heavy (non-hydrogen) atoms. The Hall–Kier alpha value is -1.58. The highest BCUT2D eigenvalue weighted by Crippen LogP contribution is 2.31. The Bertz CT molecular complexity index is 729. The molecule has 0 unspecified atom stereocenters. The van der Waals surface area contributed by atoms with Crippen LogP contribution in [0.2, 0.25) is 0 Å². The van der Waals surface area contributed by atoms with E-state index in [9.17, 15) is 13.2 Å². The lowest BCUT2D eigenvalue weighted by atomic mass is 10.1.